The van der Waals surface area contributed by atoms with Crippen LogP contribution in [0.2, 0.25) is 0 Å². The number of hydrogen-bond acceptors (Lipinski definition) is 8. The molecule has 1 aliphatic rings. The Balaban J connectivity index is 1.17. The highest BCUT2D eigenvalue weighted by molar-refractivity contribution is 8.00. The Morgan fingerprint density at radius 1 is 1.12 bits per heavy atom. The third kappa shape index (κ3) is 4.84. The molecule has 1 aliphatic carbocycles. The predicted octanol–water partition coefficient (Wildman–Crippen LogP) is 4.21. The second-order valence-electron chi connectivity index (χ2n) is 8.01. The smallest absolute Gasteiger partial charge is 0.316 e. The number of benzene rings is 2. The first kappa shape index (κ1) is 22.2. The van der Waals surface area contributed by atoms with E-state index in [1.54, 1.807) is 12.0 Å². The van der Waals surface area contributed by atoms with E-state index in [1.807, 2.05) is 48.5 Å². The summed E-state index contributed by atoms with van der Waals surface area (Å²) in [6, 6.07) is 15.4. The second kappa shape index (κ2) is 9.72. The van der Waals surface area contributed by atoms with Gasteiger partial charge in [-0.25, -0.2) is 9.97 Å². The molecule has 0 radical (unpaired) electrons. The second-order valence-corrected chi connectivity index (χ2v) is 8.97. The normalized spacial score (nSPS) is 13.2. The average Bonchev–Trinajstić information content (AvgIpc) is 3.64. The highest BCUT2D eigenvalue weighted by Gasteiger charge is 2.33. The van der Waals surface area contributed by atoms with Crippen molar-refractivity contribution in [3.63, 3.8) is 0 Å². The van der Waals surface area contributed by atoms with Crippen LogP contribution >= 0.6 is 11.8 Å². The SMILES string of the molecule is COc1ccc(CN(C(=O)COC(=O)CSc2ncnc3c2oc2ccccc23)C2CC2)cc1. The fourth-order valence-corrected chi connectivity index (χ4v) is 4.46. The summed E-state index contributed by atoms with van der Waals surface area (Å²) in [4.78, 5) is 35.5. The van der Waals surface area contributed by atoms with Gasteiger partial charge in [-0.2, -0.15) is 0 Å². The molecule has 2 aromatic carbocycles. The zero-order valence-electron chi connectivity index (χ0n) is 18.6. The highest BCUT2D eigenvalue weighted by Crippen LogP contribution is 2.32. The van der Waals surface area contributed by atoms with E-state index in [1.165, 1.54) is 18.1 Å². The van der Waals surface area contributed by atoms with Crippen molar-refractivity contribution in [3.05, 3.63) is 60.4 Å². The molecule has 4 aromatic rings. The van der Waals surface area contributed by atoms with Gasteiger partial charge in [-0.3, -0.25) is 9.59 Å². The number of methoxy groups -OCH3 is 1. The summed E-state index contributed by atoms with van der Waals surface area (Å²) >= 11 is 1.20. The van der Waals surface area contributed by atoms with Crippen molar-refractivity contribution in [1.29, 1.82) is 0 Å². The van der Waals surface area contributed by atoms with E-state index in [-0.39, 0.29) is 24.3 Å². The van der Waals surface area contributed by atoms with Crippen molar-refractivity contribution in [3.8, 4) is 5.75 Å². The zero-order valence-corrected chi connectivity index (χ0v) is 19.4. The van der Waals surface area contributed by atoms with Gasteiger partial charge in [-0.15, -0.1) is 0 Å². The van der Waals surface area contributed by atoms with E-state index in [9.17, 15) is 9.59 Å². The Labute approximate surface area is 200 Å². The van der Waals surface area contributed by atoms with Crippen LogP contribution in [0, 0.1) is 0 Å². The minimum atomic E-state index is -0.485. The number of thioether (sulfide) groups is 1. The molecule has 0 unspecified atom stereocenters. The molecule has 174 valence electrons. The quantitative estimate of drug-likeness (QED) is 0.201. The van der Waals surface area contributed by atoms with Gasteiger partial charge in [-0.1, -0.05) is 36.0 Å². The van der Waals surface area contributed by atoms with Crippen LogP contribution in [-0.2, 0) is 20.9 Å². The lowest BCUT2D eigenvalue weighted by Crippen LogP contribution is -2.36. The fraction of sp³-hybridized carbons (Fsp3) is 0.280. The van der Waals surface area contributed by atoms with Gasteiger partial charge in [0.2, 0.25) is 0 Å². The maximum absolute atomic E-state index is 12.8. The lowest BCUT2D eigenvalue weighted by atomic mass is 10.2. The number of fused-ring (bicyclic) bond motifs is 3. The summed E-state index contributed by atoms with van der Waals surface area (Å²) in [5, 5.41) is 1.45. The monoisotopic (exact) mass is 477 g/mol. The van der Waals surface area contributed by atoms with Crippen LogP contribution in [0.1, 0.15) is 18.4 Å². The van der Waals surface area contributed by atoms with Crippen molar-refractivity contribution >= 4 is 45.7 Å². The van der Waals surface area contributed by atoms with Gasteiger partial charge < -0.3 is 18.8 Å². The molecule has 0 N–H and O–H groups in total. The summed E-state index contributed by atoms with van der Waals surface area (Å²) in [6.45, 7) is 0.195. The third-order valence-electron chi connectivity index (χ3n) is 5.63. The minimum absolute atomic E-state index is 0.0122. The number of nitrogens with zero attached hydrogens (tertiary/aromatic N) is 3. The molecule has 2 heterocycles. The first-order chi connectivity index (χ1) is 16.6. The Bertz CT molecular complexity index is 1330. The van der Waals surface area contributed by atoms with Crippen LogP contribution in [0.15, 0.2) is 64.3 Å². The van der Waals surface area contributed by atoms with Crippen molar-refractivity contribution in [2.24, 2.45) is 0 Å². The molecule has 0 aliphatic heterocycles. The van der Waals surface area contributed by atoms with Crippen LogP contribution in [0.25, 0.3) is 22.1 Å². The molecule has 0 bridgehead atoms. The molecule has 5 rings (SSSR count). The number of hydrogen-bond donors (Lipinski definition) is 0. The number of ether oxygens (including phenoxy) is 2. The molecule has 0 saturated heterocycles. The van der Waals surface area contributed by atoms with Crippen molar-refractivity contribution < 1.29 is 23.5 Å². The van der Waals surface area contributed by atoms with Crippen molar-refractivity contribution in [1.82, 2.24) is 14.9 Å². The minimum Gasteiger partial charge on any atom is -0.497 e. The third-order valence-corrected chi connectivity index (χ3v) is 6.57. The number of esters is 1. The first-order valence-electron chi connectivity index (χ1n) is 11.0. The number of carbonyl (C=O) groups excluding carboxylic acids is 2. The molecule has 1 amide bonds. The van der Waals surface area contributed by atoms with Gasteiger partial charge in [-0.05, 0) is 42.7 Å². The molecular weight excluding hydrogens is 454 g/mol. The molecular formula is C25H23N3O5S. The summed E-state index contributed by atoms with van der Waals surface area (Å²) in [6.07, 6.45) is 3.38. The topological polar surface area (TPSA) is 94.8 Å². The fourth-order valence-electron chi connectivity index (χ4n) is 3.73. The molecule has 1 fully saturated rings. The van der Waals surface area contributed by atoms with Crippen LogP contribution in [0.4, 0.5) is 0 Å². The average molecular weight is 478 g/mol. The lowest BCUT2D eigenvalue weighted by Gasteiger charge is -2.22. The van der Waals surface area contributed by atoms with Gasteiger partial charge >= 0.3 is 5.97 Å². The van der Waals surface area contributed by atoms with Crippen LogP contribution in [-0.4, -0.2) is 52.3 Å². The zero-order chi connectivity index (χ0) is 23.5. The molecule has 0 spiro atoms. The lowest BCUT2D eigenvalue weighted by molar-refractivity contribution is -0.150. The molecule has 9 heteroatoms. The van der Waals surface area contributed by atoms with Gasteiger partial charge in [0.25, 0.3) is 5.91 Å². The van der Waals surface area contributed by atoms with Gasteiger partial charge in [0.1, 0.15) is 28.2 Å². The number of rotatable bonds is 9. The predicted molar refractivity (Wildman–Crippen MR) is 128 cm³/mol. The Morgan fingerprint density at radius 3 is 2.68 bits per heavy atom. The Kier molecular flexibility index (Phi) is 6.35. The highest BCUT2D eigenvalue weighted by atomic mass is 32.2. The number of furan rings is 1. The van der Waals surface area contributed by atoms with Crippen LogP contribution in [0.5, 0.6) is 5.75 Å². The summed E-state index contributed by atoms with van der Waals surface area (Å²) in [7, 11) is 1.62. The molecule has 34 heavy (non-hydrogen) atoms. The molecule has 1 saturated carbocycles. The largest absolute Gasteiger partial charge is 0.497 e. The maximum Gasteiger partial charge on any atom is 0.316 e. The number of para-hydroxylation sites is 1. The van der Waals surface area contributed by atoms with Crippen LogP contribution < -0.4 is 4.74 Å². The number of carbonyl (C=O) groups is 2. The van der Waals surface area contributed by atoms with E-state index in [4.69, 9.17) is 13.9 Å². The van der Waals surface area contributed by atoms with Gasteiger partial charge in [0.05, 0.1) is 12.9 Å². The number of amides is 1. The summed E-state index contributed by atoms with van der Waals surface area (Å²) in [5.74, 6) is 0.0983. The van der Waals surface area contributed by atoms with E-state index in [0.29, 0.717) is 28.3 Å². The molecule has 0 atom stereocenters. The van der Waals surface area contributed by atoms with Crippen molar-refractivity contribution in [2.45, 2.75) is 30.5 Å². The van der Waals surface area contributed by atoms with E-state index in [2.05, 4.69) is 9.97 Å². The molecule has 2 aromatic heterocycles. The van der Waals surface area contributed by atoms with E-state index in [0.717, 1.165) is 29.5 Å². The van der Waals surface area contributed by atoms with E-state index >= 15 is 0 Å². The Hall–Kier alpha value is -3.59. The van der Waals surface area contributed by atoms with Gasteiger partial charge in [0.15, 0.2) is 12.2 Å². The number of aromatic nitrogens is 2. The molecule has 8 nitrogen and oxygen atoms in total. The standard InChI is InChI=1S/C25H23N3O5S/c1-31-18-10-6-16(7-11-18)12-28(17-8-9-17)21(29)13-32-22(30)14-34-25-24-23(26-15-27-25)19-4-2-3-5-20(19)33-24/h2-7,10-11,15,17H,8-9,12-14H2,1H3. The van der Waals surface area contributed by atoms with E-state index < -0.39 is 5.97 Å². The summed E-state index contributed by atoms with van der Waals surface area (Å²) < 4.78 is 16.4. The summed E-state index contributed by atoms with van der Waals surface area (Å²) in [5.41, 5.74) is 2.96. The van der Waals surface area contributed by atoms with Crippen molar-refractivity contribution in [2.75, 3.05) is 19.5 Å². The van der Waals surface area contributed by atoms with Gasteiger partial charge in [0, 0.05) is 18.0 Å². The maximum atomic E-state index is 12.8. The van der Waals surface area contributed by atoms with Crippen LogP contribution in [0.3, 0.4) is 0 Å². The first-order valence-corrected chi connectivity index (χ1v) is 11.9. The Morgan fingerprint density at radius 2 is 1.91 bits per heavy atom.